The Hall–Kier alpha value is -1.44. The fourth-order valence-electron chi connectivity index (χ4n) is 2.22. The van der Waals surface area contributed by atoms with E-state index in [1.165, 1.54) is 6.07 Å². The average molecular weight is 396 g/mol. The van der Waals surface area contributed by atoms with Gasteiger partial charge in [0.25, 0.3) is 0 Å². The maximum atomic E-state index is 13.8. The number of esters is 1. The van der Waals surface area contributed by atoms with Crippen molar-refractivity contribution >= 4 is 17.7 Å². The molecule has 0 radical (unpaired) electrons. The van der Waals surface area contributed by atoms with Crippen LogP contribution in [0.2, 0.25) is 0 Å². The third-order valence-electron chi connectivity index (χ3n) is 3.72. The van der Waals surface area contributed by atoms with Crippen molar-refractivity contribution in [3.05, 3.63) is 24.0 Å². The van der Waals surface area contributed by atoms with Crippen molar-refractivity contribution in [1.29, 1.82) is 0 Å². The number of hydrogen-bond donors (Lipinski definition) is 0. The lowest BCUT2D eigenvalue weighted by Gasteiger charge is -2.14. The molecule has 1 rings (SSSR count). The molecule has 1 aromatic carbocycles. The summed E-state index contributed by atoms with van der Waals surface area (Å²) in [7, 11) is 0. The van der Waals surface area contributed by atoms with E-state index in [9.17, 15) is 22.4 Å². The van der Waals surface area contributed by atoms with Crippen molar-refractivity contribution in [2.75, 3.05) is 12.4 Å². The summed E-state index contributed by atoms with van der Waals surface area (Å²) in [6.07, 6.45) is -0.599. The molecule has 0 saturated carbocycles. The van der Waals surface area contributed by atoms with Gasteiger partial charge in [-0.2, -0.15) is 0 Å². The van der Waals surface area contributed by atoms with Crippen LogP contribution in [-0.2, 0) is 9.53 Å². The van der Waals surface area contributed by atoms with Gasteiger partial charge in [0, 0.05) is 16.7 Å². The molecule has 0 aliphatic rings. The summed E-state index contributed by atoms with van der Waals surface area (Å²) in [6, 6.07) is 2.91. The molecule has 1 aromatic rings. The summed E-state index contributed by atoms with van der Waals surface area (Å²) in [4.78, 5) is 11.9. The Bertz CT molecular complexity index is 564. The van der Waals surface area contributed by atoms with Crippen molar-refractivity contribution in [1.82, 2.24) is 0 Å². The molecule has 0 spiro atoms. The van der Waals surface area contributed by atoms with Crippen LogP contribution < -0.4 is 4.74 Å². The maximum absolute atomic E-state index is 13.8. The van der Waals surface area contributed by atoms with Crippen molar-refractivity contribution in [3.63, 3.8) is 0 Å². The van der Waals surface area contributed by atoms with Gasteiger partial charge in [-0.15, -0.1) is 24.9 Å². The van der Waals surface area contributed by atoms with Crippen molar-refractivity contribution in [2.24, 2.45) is 5.92 Å². The number of unbranched alkanes of at least 4 members (excludes halogenated alkanes) is 1. The van der Waals surface area contributed by atoms with Gasteiger partial charge in [-0.3, -0.25) is 4.79 Å². The highest BCUT2D eigenvalue weighted by Gasteiger charge is 2.31. The van der Waals surface area contributed by atoms with Crippen LogP contribution in [0.15, 0.2) is 23.1 Å². The lowest BCUT2D eigenvalue weighted by molar-refractivity contribution is -0.274. The van der Waals surface area contributed by atoms with E-state index in [2.05, 4.69) is 18.6 Å². The number of alkyl halides is 3. The Kier molecular flexibility index (Phi) is 9.83. The quantitative estimate of drug-likeness (QED) is 0.262. The highest BCUT2D eigenvalue weighted by molar-refractivity contribution is 7.99. The molecule has 3 nitrogen and oxygen atoms in total. The molecule has 0 bridgehead atoms. The second kappa shape index (κ2) is 11.3. The molecule has 0 saturated heterocycles. The number of carbonyl (C=O) groups excluding carboxylic acids is 1. The van der Waals surface area contributed by atoms with E-state index in [0.717, 1.165) is 43.5 Å². The molecule has 8 heteroatoms. The normalized spacial score (nSPS) is 12.7. The maximum Gasteiger partial charge on any atom is 0.573 e. The lowest BCUT2D eigenvalue weighted by atomic mass is 10.0. The molecule has 0 N–H and O–H groups in total. The van der Waals surface area contributed by atoms with E-state index >= 15 is 0 Å². The van der Waals surface area contributed by atoms with Gasteiger partial charge in [0.1, 0.15) is 11.6 Å². The second-order valence-electron chi connectivity index (χ2n) is 5.84. The Morgan fingerprint density at radius 2 is 2.00 bits per heavy atom. The number of ether oxygens (including phenoxy) is 2. The fourth-order valence-corrected chi connectivity index (χ4v) is 3.07. The van der Waals surface area contributed by atoms with Crippen LogP contribution in [-0.4, -0.2) is 24.7 Å². The molecule has 1 atom stereocenters. The number of thioether (sulfide) groups is 1. The van der Waals surface area contributed by atoms with E-state index in [1.807, 2.05) is 0 Å². The average Bonchev–Trinajstić information content (AvgIpc) is 2.55. The summed E-state index contributed by atoms with van der Waals surface area (Å²) in [5.41, 5.74) is 0. The number of carbonyl (C=O) groups is 1. The van der Waals surface area contributed by atoms with Crippen LogP contribution in [0.4, 0.5) is 17.6 Å². The summed E-state index contributed by atoms with van der Waals surface area (Å²) >= 11 is 1.04. The zero-order chi connectivity index (χ0) is 19.6. The highest BCUT2D eigenvalue weighted by Crippen LogP contribution is 2.29. The van der Waals surface area contributed by atoms with E-state index in [1.54, 1.807) is 0 Å². The molecule has 0 fully saturated rings. The Labute approximate surface area is 155 Å². The van der Waals surface area contributed by atoms with E-state index in [0.29, 0.717) is 18.6 Å². The van der Waals surface area contributed by atoms with Gasteiger partial charge in [-0.25, -0.2) is 4.39 Å². The van der Waals surface area contributed by atoms with E-state index in [-0.39, 0.29) is 23.0 Å². The van der Waals surface area contributed by atoms with Gasteiger partial charge >= 0.3 is 12.3 Å². The van der Waals surface area contributed by atoms with Crippen molar-refractivity contribution < 1.29 is 31.8 Å². The third-order valence-corrected chi connectivity index (χ3v) is 4.77. The standard InChI is InChI=1S/C18H24F4O3S/c1-3-5-6-13(4-2)12-24-17(23)9-10-26-16-8-7-14(11-15(16)19)25-18(20,21)22/h7-8,11,13H,3-6,9-10,12H2,1-2H3. The third kappa shape index (κ3) is 9.31. The lowest BCUT2D eigenvalue weighted by Crippen LogP contribution is -2.17. The number of hydrogen-bond acceptors (Lipinski definition) is 4. The first kappa shape index (κ1) is 22.6. The van der Waals surface area contributed by atoms with Gasteiger partial charge in [0.2, 0.25) is 0 Å². The first-order valence-electron chi connectivity index (χ1n) is 8.58. The number of rotatable bonds is 11. The molecule has 0 aliphatic carbocycles. The summed E-state index contributed by atoms with van der Waals surface area (Å²) in [6.45, 7) is 4.55. The minimum atomic E-state index is -4.86. The summed E-state index contributed by atoms with van der Waals surface area (Å²) < 4.78 is 58.9. The van der Waals surface area contributed by atoms with Crippen LogP contribution in [0, 0.1) is 11.7 Å². The molecular formula is C18H24F4O3S. The molecule has 1 unspecified atom stereocenters. The van der Waals surface area contributed by atoms with E-state index < -0.39 is 17.9 Å². The van der Waals surface area contributed by atoms with Gasteiger partial charge in [0.15, 0.2) is 0 Å². The predicted molar refractivity (Wildman–Crippen MR) is 92.7 cm³/mol. The Balaban J connectivity index is 2.37. The smallest absolute Gasteiger partial charge is 0.465 e. The largest absolute Gasteiger partial charge is 0.573 e. The zero-order valence-corrected chi connectivity index (χ0v) is 15.7. The van der Waals surface area contributed by atoms with Gasteiger partial charge < -0.3 is 9.47 Å². The monoisotopic (exact) mass is 396 g/mol. The van der Waals surface area contributed by atoms with Crippen molar-refractivity contribution in [2.45, 2.75) is 57.2 Å². The Morgan fingerprint density at radius 3 is 2.58 bits per heavy atom. The van der Waals surface area contributed by atoms with Crippen LogP contribution in [0.5, 0.6) is 5.75 Å². The molecule has 0 aliphatic heterocycles. The first-order valence-corrected chi connectivity index (χ1v) is 9.57. The van der Waals surface area contributed by atoms with E-state index in [4.69, 9.17) is 4.74 Å². The molecule has 0 aromatic heterocycles. The molecular weight excluding hydrogens is 372 g/mol. The summed E-state index contributed by atoms with van der Waals surface area (Å²) in [5, 5.41) is 0. The van der Waals surface area contributed by atoms with Gasteiger partial charge in [0.05, 0.1) is 13.0 Å². The highest BCUT2D eigenvalue weighted by atomic mass is 32.2. The van der Waals surface area contributed by atoms with Crippen LogP contribution in [0.3, 0.4) is 0 Å². The zero-order valence-electron chi connectivity index (χ0n) is 14.9. The first-order chi connectivity index (χ1) is 12.2. The number of halogens is 4. The number of benzene rings is 1. The van der Waals surface area contributed by atoms with Crippen LogP contribution >= 0.6 is 11.8 Å². The fraction of sp³-hybridized carbons (Fsp3) is 0.611. The molecule has 26 heavy (non-hydrogen) atoms. The minimum Gasteiger partial charge on any atom is -0.465 e. The second-order valence-corrected chi connectivity index (χ2v) is 6.97. The topological polar surface area (TPSA) is 35.5 Å². The van der Waals surface area contributed by atoms with Crippen molar-refractivity contribution in [3.8, 4) is 5.75 Å². The molecule has 148 valence electrons. The van der Waals surface area contributed by atoms with Crippen LogP contribution in [0.25, 0.3) is 0 Å². The molecule has 0 heterocycles. The summed E-state index contributed by atoms with van der Waals surface area (Å²) in [5.74, 6) is -1.16. The molecule has 0 amide bonds. The van der Waals surface area contributed by atoms with Crippen LogP contribution in [0.1, 0.15) is 46.0 Å². The van der Waals surface area contributed by atoms with Gasteiger partial charge in [-0.05, 0) is 24.5 Å². The Morgan fingerprint density at radius 1 is 1.27 bits per heavy atom. The van der Waals surface area contributed by atoms with Gasteiger partial charge in [-0.1, -0.05) is 33.1 Å². The predicted octanol–water partition coefficient (Wildman–Crippen LogP) is 5.97. The minimum absolute atomic E-state index is 0.106. The SMILES string of the molecule is CCCCC(CC)COC(=O)CCSc1ccc(OC(F)(F)F)cc1F.